The van der Waals surface area contributed by atoms with Crippen molar-refractivity contribution in [3.63, 3.8) is 0 Å². The van der Waals surface area contributed by atoms with E-state index in [1.165, 1.54) is 5.56 Å². The highest BCUT2D eigenvalue weighted by molar-refractivity contribution is 6.30. The van der Waals surface area contributed by atoms with Gasteiger partial charge in [-0.25, -0.2) is 0 Å². The standard InChI is InChI=1S/C17H20ClNO/c1-19(2)12-3-13-20-17-10-6-15(7-11-17)14-4-8-16(18)9-5-14/h4-11H,3,12-13H2,1-2H3. The predicted molar refractivity (Wildman–Crippen MR) is 85.6 cm³/mol. The van der Waals surface area contributed by atoms with Gasteiger partial charge >= 0.3 is 0 Å². The second-order valence-electron chi connectivity index (χ2n) is 5.04. The van der Waals surface area contributed by atoms with Crippen LogP contribution >= 0.6 is 11.6 Å². The monoisotopic (exact) mass is 289 g/mol. The van der Waals surface area contributed by atoms with E-state index in [2.05, 4.69) is 31.1 Å². The Bertz CT molecular complexity index is 520. The van der Waals surface area contributed by atoms with Gasteiger partial charge < -0.3 is 9.64 Å². The number of halogens is 1. The Morgan fingerprint density at radius 2 is 1.45 bits per heavy atom. The lowest BCUT2D eigenvalue weighted by atomic mass is 10.1. The smallest absolute Gasteiger partial charge is 0.119 e. The van der Waals surface area contributed by atoms with E-state index in [4.69, 9.17) is 16.3 Å². The maximum Gasteiger partial charge on any atom is 0.119 e. The summed E-state index contributed by atoms with van der Waals surface area (Å²) >= 11 is 5.89. The van der Waals surface area contributed by atoms with Crippen molar-refractivity contribution in [1.29, 1.82) is 0 Å². The molecule has 0 saturated heterocycles. The number of ether oxygens (including phenoxy) is 1. The molecule has 0 radical (unpaired) electrons. The van der Waals surface area contributed by atoms with Crippen molar-refractivity contribution in [2.75, 3.05) is 27.2 Å². The second kappa shape index (κ2) is 7.32. The molecule has 0 bridgehead atoms. The van der Waals surface area contributed by atoms with Gasteiger partial charge in [0.15, 0.2) is 0 Å². The first-order valence-corrected chi connectivity index (χ1v) is 7.16. The van der Waals surface area contributed by atoms with E-state index >= 15 is 0 Å². The molecular weight excluding hydrogens is 270 g/mol. The molecule has 106 valence electrons. The summed E-state index contributed by atoms with van der Waals surface area (Å²) in [6, 6.07) is 16.0. The van der Waals surface area contributed by atoms with E-state index < -0.39 is 0 Å². The van der Waals surface area contributed by atoms with Gasteiger partial charge in [0.25, 0.3) is 0 Å². The minimum Gasteiger partial charge on any atom is -0.494 e. The van der Waals surface area contributed by atoms with Gasteiger partial charge in [-0.15, -0.1) is 0 Å². The molecule has 0 spiro atoms. The van der Waals surface area contributed by atoms with Crippen LogP contribution < -0.4 is 4.74 Å². The Morgan fingerprint density at radius 3 is 2.00 bits per heavy atom. The molecule has 0 aromatic heterocycles. The average Bonchev–Trinajstić information content (AvgIpc) is 2.45. The molecule has 3 heteroatoms. The molecule has 2 aromatic rings. The highest BCUT2D eigenvalue weighted by Gasteiger charge is 1.99. The van der Waals surface area contributed by atoms with Gasteiger partial charge in [-0.3, -0.25) is 0 Å². The maximum absolute atomic E-state index is 5.89. The van der Waals surface area contributed by atoms with Gasteiger partial charge in [0.05, 0.1) is 6.61 Å². The van der Waals surface area contributed by atoms with Crippen LogP contribution in [-0.2, 0) is 0 Å². The second-order valence-corrected chi connectivity index (χ2v) is 5.47. The first-order chi connectivity index (χ1) is 9.65. The quantitative estimate of drug-likeness (QED) is 0.734. The normalized spacial score (nSPS) is 10.8. The third-order valence-electron chi connectivity index (χ3n) is 3.05. The molecule has 2 rings (SSSR count). The van der Waals surface area contributed by atoms with Gasteiger partial charge in [-0.05, 0) is 55.9 Å². The number of rotatable bonds is 6. The van der Waals surface area contributed by atoms with Crippen LogP contribution in [0, 0.1) is 0 Å². The summed E-state index contributed by atoms with van der Waals surface area (Å²) in [6.07, 6.45) is 1.03. The van der Waals surface area contributed by atoms with E-state index in [1.54, 1.807) is 0 Å². The van der Waals surface area contributed by atoms with Crippen LogP contribution in [0.5, 0.6) is 5.75 Å². The summed E-state index contributed by atoms with van der Waals surface area (Å²) in [6.45, 7) is 1.79. The fourth-order valence-electron chi connectivity index (χ4n) is 1.96. The Morgan fingerprint density at radius 1 is 0.900 bits per heavy atom. The van der Waals surface area contributed by atoms with Gasteiger partial charge in [-0.1, -0.05) is 35.9 Å². The Labute approximate surface area is 125 Å². The van der Waals surface area contributed by atoms with Crippen LogP contribution in [-0.4, -0.2) is 32.1 Å². The fourth-order valence-corrected chi connectivity index (χ4v) is 2.08. The van der Waals surface area contributed by atoms with Crippen molar-refractivity contribution in [2.45, 2.75) is 6.42 Å². The summed E-state index contributed by atoms with van der Waals surface area (Å²) in [5.74, 6) is 0.918. The molecule has 2 aromatic carbocycles. The summed E-state index contributed by atoms with van der Waals surface area (Å²) < 4.78 is 5.72. The molecule has 0 saturated carbocycles. The van der Waals surface area contributed by atoms with Crippen LogP contribution in [0.25, 0.3) is 11.1 Å². The number of hydrogen-bond donors (Lipinski definition) is 0. The van der Waals surface area contributed by atoms with Crippen molar-refractivity contribution in [2.24, 2.45) is 0 Å². The zero-order chi connectivity index (χ0) is 14.4. The third-order valence-corrected chi connectivity index (χ3v) is 3.30. The van der Waals surface area contributed by atoms with Gasteiger partial charge in [0, 0.05) is 11.6 Å². The molecule has 0 amide bonds. The SMILES string of the molecule is CN(C)CCCOc1ccc(-c2ccc(Cl)cc2)cc1. The average molecular weight is 290 g/mol. The van der Waals surface area contributed by atoms with E-state index in [0.29, 0.717) is 0 Å². The predicted octanol–water partition coefficient (Wildman–Crippen LogP) is 4.34. The zero-order valence-electron chi connectivity index (χ0n) is 12.0. The van der Waals surface area contributed by atoms with Crippen molar-refractivity contribution < 1.29 is 4.74 Å². The molecule has 0 aliphatic rings. The molecule has 0 aliphatic carbocycles. The van der Waals surface area contributed by atoms with Crippen LogP contribution in [0.1, 0.15) is 6.42 Å². The van der Waals surface area contributed by atoms with Gasteiger partial charge in [0.1, 0.15) is 5.75 Å². The highest BCUT2D eigenvalue weighted by Crippen LogP contribution is 2.23. The van der Waals surface area contributed by atoms with E-state index in [-0.39, 0.29) is 0 Å². The fraction of sp³-hybridized carbons (Fsp3) is 0.294. The van der Waals surface area contributed by atoms with Gasteiger partial charge in [-0.2, -0.15) is 0 Å². The third kappa shape index (κ3) is 4.55. The molecule has 0 fully saturated rings. The molecule has 0 heterocycles. The van der Waals surface area contributed by atoms with Crippen LogP contribution in [0.15, 0.2) is 48.5 Å². The van der Waals surface area contributed by atoms with Crippen LogP contribution in [0.3, 0.4) is 0 Å². The Balaban J connectivity index is 1.91. The lowest BCUT2D eigenvalue weighted by Gasteiger charge is -2.10. The molecule has 0 atom stereocenters. The van der Waals surface area contributed by atoms with Crippen molar-refractivity contribution >= 4 is 11.6 Å². The molecule has 0 unspecified atom stereocenters. The minimum absolute atomic E-state index is 0.748. The summed E-state index contributed by atoms with van der Waals surface area (Å²) in [5, 5.41) is 0.759. The first kappa shape index (κ1) is 14.9. The van der Waals surface area contributed by atoms with Crippen LogP contribution in [0.2, 0.25) is 5.02 Å². The molecule has 2 nitrogen and oxygen atoms in total. The van der Waals surface area contributed by atoms with Crippen LogP contribution in [0.4, 0.5) is 0 Å². The van der Waals surface area contributed by atoms with E-state index in [9.17, 15) is 0 Å². The van der Waals surface area contributed by atoms with E-state index in [0.717, 1.165) is 35.9 Å². The molecule has 0 aliphatic heterocycles. The van der Waals surface area contributed by atoms with E-state index in [1.807, 2.05) is 36.4 Å². The zero-order valence-corrected chi connectivity index (χ0v) is 12.7. The Kier molecular flexibility index (Phi) is 5.45. The number of hydrogen-bond acceptors (Lipinski definition) is 2. The highest BCUT2D eigenvalue weighted by atomic mass is 35.5. The molecular formula is C17H20ClNO. The topological polar surface area (TPSA) is 12.5 Å². The summed E-state index contributed by atoms with van der Waals surface area (Å²) in [5.41, 5.74) is 2.33. The molecule has 0 N–H and O–H groups in total. The minimum atomic E-state index is 0.748. The van der Waals surface area contributed by atoms with Crippen molar-refractivity contribution in [3.05, 3.63) is 53.6 Å². The number of nitrogens with zero attached hydrogens (tertiary/aromatic N) is 1. The largest absolute Gasteiger partial charge is 0.494 e. The van der Waals surface area contributed by atoms with Crippen molar-refractivity contribution in [3.8, 4) is 16.9 Å². The number of benzene rings is 2. The van der Waals surface area contributed by atoms with Crippen molar-refractivity contribution in [1.82, 2.24) is 4.90 Å². The lowest BCUT2D eigenvalue weighted by Crippen LogP contribution is -2.15. The summed E-state index contributed by atoms with van der Waals surface area (Å²) in [4.78, 5) is 2.16. The lowest BCUT2D eigenvalue weighted by molar-refractivity contribution is 0.281. The maximum atomic E-state index is 5.89. The summed E-state index contributed by atoms with van der Waals surface area (Å²) in [7, 11) is 4.14. The van der Waals surface area contributed by atoms with Gasteiger partial charge in [0.2, 0.25) is 0 Å². The molecule has 20 heavy (non-hydrogen) atoms. The first-order valence-electron chi connectivity index (χ1n) is 6.79. The Hall–Kier alpha value is -1.51.